The highest BCUT2D eigenvalue weighted by molar-refractivity contribution is 5.79. The van der Waals surface area contributed by atoms with E-state index in [4.69, 9.17) is 0 Å². The van der Waals surface area contributed by atoms with Gasteiger partial charge < -0.3 is 4.90 Å². The zero-order valence-corrected chi connectivity index (χ0v) is 12.1. The van der Waals surface area contributed by atoms with Crippen LogP contribution in [0.25, 0.3) is 0 Å². The van der Waals surface area contributed by atoms with Crippen LogP contribution in [0.1, 0.15) is 48.0 Å². The van der Waals surface area contributed by atoms with Gasteiger partial charge in [-0.1, -0.05) is 27.7 Å². The molecule has 1 saturated heterocycles. The van der Waals surface area contributed by atoms with Crippen LogP contribution in [0.3, 0.4) is 0 Å². The van der Waals surface area contributed by atoms with Gasteiger partial charge in [-0.2, -0.15) is 13.2 Å². The van der Waals surface area contributed by atoms with Crippen molar-refractivity contribution < 1.29 is 18.0 Å². The Morgan fingerprint density at radius 2 is 1.72 bits per heavy atom. The Morgan fingerprint density at radius 3 is 2.00 bits per heavy atom. The summed E-state index contributed by atoms with van der Waals surface area (Å²) in [5.74, 6) is -1.87. The number of alkyl halides is 3. The Balaban J connectivity index is 0.00000137. The molecule has 1 rings (SSSR count). The van der Waals surface area contributed by atoms with E-state index in [1.807, 2.05) is 13.8 Å². The lowest BCUT2D eigenvalue weighted by atomic mass is 9.87. The van der Waals surface area contributed by atoms with Crippen molar-refractivity contribution in [2.45, 2.75) is 59.7 Å². The normalized spacial score (nSPS) is 22.8. The number of carbonyl (C=O) groups is 1. The van der Waals surface area contributed by atoms with Gasteiger partial charge in [0.1, 0.15) is 0 Å². The third-order valence-corrected chi connectivity index (χ3v) is 3.34. The molecule has 5 heteroatoms. The summed E-state index contributed by atoms with van der Waals surface area (Å²) < 4.78 is 38.3. The van der Waals surface area contributed by atoms with E-state index in [-0.39, 0.29) is 24.8 Å². The van der Waals surface area contributed by atoms with E-state index in [0.717, 1.165) is 0 Å². The van der Waals surface area contributed by atoms with Gasteiger partial charge in [-0.3, -0.25) is 4.79 Å². The van der Waals surface area contributed by atoms with Crippen molar-refractivity contribution >= 4 is 5.91 Å². The number of hydrogen-bond donors (Lipinski definition) is 0. The highest BCUT2D eigenvalue weighted by Crippen LogP contribution is 2.45. The molecule has 0 bridgehead atoms. The molecule has 1 heterocycles. The minimum Gasteiger partial charge on any atom is -0.337 e. The molecule has 0 radical (unpaired) electrons. The Kier molecular flexibility index (Phi) is 5.69. The second-order valence-corrected chi connectivity index (χ2v) is 5.18. The van der Waals surface area contributed by atoms with E-state index in [2.05, 4.69) is 0 Å². The molecule has 0 N–H and O–H groups in total. The summed E-state index contributed by atoms with van der Waals surface area (Å²) in [6, 6.07) is 0. The number of rotatable bonds is 1. The third kappa shape index (κ3) is 3.39. The van der Waals surface area contributed by atoms with Crippen molar-refractivity contribution in [3.63, 3.8) is 0 Å². The smallest absolute Gasteiger partial charge is 0.337 e. The van der Waals surface area contributed by atoms with Gasteiger partial charge in [-0.05, 0) is 20.3 Å². The van der Waals surface area contributed by atoms with Crippen molar-refractivity contribution in [2.24, 2.45) is 11.8 Å². The molecule has 1 atom stereocenters. The number of hydrogen-bond acceptors (Lipinski definition) is 1. The molecule has 1 fully saturated rings. The van der Waals surface area contributed by atoms with Gasteiger partial charge in [-0.15, -0.1) is 0 Å². The highest BCUT2D eigenvalue weighted by atomic mass is 19.4. The average molecular weight is 267 g/mol. The van der Waals surface area contributed by atoms with Crippen LogP contribution in [-0.4, -0.2) is 29.1 Å². The lowest BCUT2D eigenvalue weighted by Crippen LogP contribution is -2.50. The monoisotopic (exact) mass is 267 g/mol. The lowest BCUT2D eigenvalue weighted by molar-refractivity contribution is -0.192. The Hall–Kier alpha value is -0.740. The minimum atomic E-state index is -4.23. The fourth-order valence-corrected chi connectivity index (χ4v) is 2.36. The van der Waals surface area contributed by atoms with Crippen LogP contribution in [0.15, 0.2) is 0 Å². The van der Waals surface area contributed by atoms with Crippen LogP contribution in [-0.2, 0) is 4.79 Å². The Bertz CT molecular complexity index is 284. The zero-order chi connectivity index (χ0) is 14.7. The molecule has 1 unspecified atom stereocenters. The number of nitrogens with zero attached hydrogens (tertiary/aromatic N) is 1. The number of likely N-dealkylation sites (tertiary alicyclic amines) is 1. The molecular weight excluding hydrogens is 243 g/mol. The summed E-state index contributed by atoms with van der Waals surface area (Å²) in [5.41, 5.74) is -1.13. The molecule has 0 spiro atoms. The molecule has 1 aliphatic heterocycles. The number of carbonyl (C=O) groups excluding carboxylic acids is 1. The van der Waals surface area contributed by atoms with Crippen molar-refractivity contribution in [3.05, 3.63) is 0 Å². The molecule has 0 aromatic heterocycles. The van der Waals surface area contributed by atoms with E-state index in [0.29, 0.717) is 0 Å². The largest absolute Gasteiger partial charge is 0.394 e. The van der Waals surface area contributed by atoms with Gasteiger partial charge in [0.15, 0.2) is 0 Å². The van der Waals surface area contributed by atoms with Gasteiger partial charge in [0.25, 0.3) is 0 Å². The first kappa shape index (κ1) is 17.3. The summed E-state index contributed by atoms with van der Waals surface area (Å²) in [6.45, 7) is 10.6. The first-order valence-corrected chi connectivity index (χ1v) is 6.46. The van der Waals surface area contributed by atoms with Crippen molar-refractivity contribution in [3.8, 4) is 0 Å². The fourth-order valence-electron chi connectivity index (χ4n) is 2.36. The molecule has 2 nitrogen and oxygen atoms in total. The first-order chi connectivity index (χ1) is 8.08. The molecule has 0 aromatic rings. The molecule has 108 valence electrons. The maximum Gasteiger partial charge on any atom is 0.394 e. The predicted molar refractivity (Wildman–Crippen MR) is 66.1 cm³/mol. The first-order valence-electron chi connectivity index (χ1n) is 6.46. The maximum absolute atomic E-state index is 12.8. The lowest BCUT2D eigenvalue weighted by Gasteiger charge is -2.37. The van der Waals surface area contributed by atoms with E-state index < -0.39 is 17.6 Å². The van der Waals surface area contributed by atoms with Gasteiger partial charge in [0.2, 0.25) is 5.91 Å². The van der Waals surface area contributed by atoms with E-state index in [1.165, 1.54) is 18.7 Å². The second kappa shape index (κ2) is 5.93. The number of halogens is 3. The van der Waals surface area contributed by atoms with Crippen LogP contribution >= 0.6 is 0 Å². The van der Waals surface area contributed by atoms with E-state index in [9.17, 15) is 18.0 Å². The molecule has 0 saturated carbocycles. The Labute approximate surface area is 108 Å². The Morgan fingerprint density at radius 1 is 1.28 bits per heavy atom. The maximum atomic E-state index is 12.8. The van der Waals surface area contributed by atoms with Crippen LogP contribution in [0.5, 0.6) is 0 Å². The van der Waals surface area contributed by atoms with Crippen molar-refractivity contribution in [1.29, 1.82) is 0 Å². The summed E-state index contributed by atoms with van der Waals surface area (Å²) in [6.07, 6.45) is -4.22. The van der Waals surface area contributed by atoms with Crippen LogP contribution in [0.2, 0.25) is 0 Å². The van der Waals surface area contributed by atoms with E-state index >= 15 is 0 Å². The van der Waals surface area contributed by atoms with Crippen LogP contribution < -0.4 is 0 Å². The summed E-state index contributed by atoms with van der Waals surface area (Å²) in [5, 5.41) is 0. The molecular formula is C13H24F3NO. The van der Waals surface area contributed by atoms with Crippen molar-refractivity contribution in [1.82, 2.24) is 4.90 Å². The third-order valence-electron chi connectivity index (χ3n) is 3.34. The van der Waals surface area contributed by atoms with Gasteiger partial charge in [-0.25, -0.2) is 0 Å². The number of amides is 1. The van der Waals surface area contributed by atoms with Gasteiger partial charge >= 0.3 is 6.18 Å². The second-order valence-electron chi connectivity index (χ2n) is 5.18. The summed E-state index contributed by atoms with van der Waals surface area (Å²) >= 11 is 0. The van der Waals surface area contributed by atoms with Crippen LogP contribution in [0.4, 0.5) is 13.2 Å². The zero-order valence-electron chi connectivity index (χ0n) is 12.1. The molecule has 1 amide bonds. The van der Waals surface area contributed by atoms with Crippen LogP contribution in [0, 0.1) is 11.8 Å². The molecule has 0 aliphatic carbocycles. The molecule has 1 aliphatic rings. The molecule has 18 heavy (non-hydrogen) atoms. The van der Waals surface area contributed by atoms with E-state index in [1.54, 1.807) is 13.8 Å². The minimum absolute atomic E-state index is 0.00889. The average Bonchev–Trinajstić information content (AvgIpc) is 2.54. The fraction of sp³-hybridized carbons (Fsp3) is 0.923. The predicted octanol–water partition coefficient (Wildman–Crippen LogP) is 3.86. The summed E-state index contributed by atoms with van der Waals surface area (Å²) in [7, 11) is 0. The molecule has 0 aromatic carbocycles. The highest BCUT2D eigenvalue weighted by Gasteiger charge is 2.56. The standard InChI is InChI=1S/C11H18F3NO.C2H6/c1-7(2)9(16)15-6-5-8(10(15,3)4)11(12,13)14;1-2/h7-8H,5-6H2,1-4H3;1-2H3. The summed E-state index contributed by atoms with van der Waals surface area (Å²) in [4.78, 5) is 13.2. The van der Waals surface area contributed by atoms with Gasteiger partial charge in [0.05, 0.1) is 5.92 Å². The SMILES string of the molecule is CC.CC(C)C(=O)N1CCC(C(F)(F)F)C1(C)C. The van der Waals surface area contributed by atoms with Crippen molar-refractivity contribution in [2.75, 3.05) is 6.54 Å². The topological polar surface area (TPSA) is 20.3 Å². The van der Waals surface area contributed by atoms with Gasteiger partial charge in [0, 0.05) is 18.0 Å². The quantitative estimate of drug-likeness (QED) is 0.706.